The summed E-state index contributed by atoms with van der Waals surface area (Å²) in [5.74, 6) is 0.642. The van der Waals surface area contributed by atoms with Crippen LogP contribution in [0.1, 0.15) is 32.8 Å². The van der Waals surface area contributed by atoms with Crippen LogP contribution < -0.4 is 15.4 Å². The number of furan rings is 1. The van der Waals surface area contributed by atoms with Gasteiger partial charge in [0.15, 0.2) is 0 Å². The van der Waals surface area contributed by atoms with E-state index < -0.39 is 19.4 Å². The molecular weight excluding hydrogens is 491 g/mol. The Hall–Kier alpha value is -3.94. The second kappa shape index (κ2) is 11.4. The first kappa shape index (κ1) is 18.3. The molecule has 5 rings (SSSR count). The van der Waals surface area contributed by atoms with E-state index in [-0.39, 0.29) is 18.2 Å². The van der Waals surface area contributed by atoms with Gasteiger partial charge in [0.1, 0.15) is 41.8 Å². The summed E-state index contributed by atoms with van der Waals surface area (Å²) in [6, 6.07) is 19.4. The number of fused-ring (bicyclic) bond motifs is 1. The molecule has 6 nitrogen and oxygen atoms in total. The minimum absolute atomic E-state index is 0.149. The minimum Gasteiger partial charge on any atom is -0.487 e. The van der Waals surface area contributed by atoms with E-state index in [1.807, 2.05) is 0 Å². The van der Waals surface area contributed by atoms with Gasteiger partial charge in [-0.15, -0.1) is 0 Å². The van der Waals surface area contributed by atoms with E-state index >= 15 is 0 Å². The van der Waals surface area contributed by atoms with Crippen LogP contribution in [0.4, 0.5) is 15.9 Å². The topological polar surface area (TPSA) is 72.2 Å². The second-order valence-electron chi connectivity index (χ2n) is 7.93. The number of rotatable bonds is 10. The Kier molecular flexibility index (Phi) is 5.65. The van der Waals surface area contributed by atoms with Crippen LogP contribution in [0, 0.1) is 5.82 Å². The van der Waals surface area contributed by atoms with Crippen LogP contribution in [-0.4, -0.2) is 16.5 Å². The Bertz CT molecular complexity index is 1780. The first-order valence-electron chi connectivity index (χ1n) is 14.3. The van der Waals surface area contributed by atoms with Crippen molar-refractivity contribution in [1.29, 1.82) is 0 Å². The number of anilines is 2. The third-order valence-electron chi connectivity index (χ3n) is 5.38. The SMILES string of the molecule is [2H]C([2H])(NC([2H])([2H])C([2H])([2H])C)c1ccc(-c2ccc3ncnc(Nc4ccc(OCc5cccc(F)c5)c(Cl)c4)c3c2)o1. The molecule has 3 aromatic carbocycles. The maximum atomic E-state index is 13.5. The molecule has 0 aliphatic rings. The van der Waals surface area contributed by atoms with Gasteiger partial charge in [0, 0.05) is 22.1 Å². The lowest BCUT2D eigenvalue weighted by molar-refractivity contribution is 0.306. The van der Waals surface area contributed by atoms with E-state index in [4.69, 9.17) is 29.0 Å². The molecule has 0 spiro atoms. The van der Waals surface area contributed by atoms with Crippen molar-refractivity contribution in [3.05, 3.63) is 101 Å². The van der Waals surface area contributed by atoms with Gasteiger partial charge >= 0.3 is 0 Å². The van der Waals surface area contributed by atoms with Crippen molar-refractivity contribution in [3.8, 4) is 17.1 Å². The van der Waals surface area contributed by atoms with Gasteiger partial charge in [-0.05, 0) is 79.1 Å². The average Bonchev–Trinajstić information content (AvgIpc) is 3.43. The lowest BCUT2D eigenvalue weighted by atomic mass is 10.1. The summed E-state index contributed by atoms with van der Waals surface area (Å²) in [6.45, 7) is -3.99. The second-order valence-corrected chi connectivity index (χ2v) is 8.34. The fraction of sp³-hybridized carbons (Fsp3) is 0.172. The molecule has 0 radical (unpaired) electrons. The fourth-order valence-electron chi connectivity index (χ4n) is 3.65. The molecule has 2 N–H and O–H groups in total. The van der Waals surface area contributed by atoms with Crippen molar-refractivity contribution >= 4 is 34.0 Å². The minimum atomic E-state index is -2.67. The van der Waals surface area contributed by atoms with E-state index in [1.54, 1.807) is 54.6 Å². The largest absolute Gasteiger partial charge is 0.487 e. The van der Waals surface area contributed by atoms with Crippen LogP contribution in [-0.2, 0) is 13.1 Å². The third-order valence-corrected chi connectivity index (χ3v) is 5.67. The van der Waals surface area contributed by atoms with Gasteiger partial charge in [0.2, 0.25) is 0 Å². The number of benzene rings is 3. The maximum absolute atomic E-state index is 13.5. The quantitative estimate of drug-likeness (QED) is 0.198. The molecule has 188 valence electrons. The summed E-state index contributed by atoms with van der Waals surface area (Å²) in [5, 5.41) is 6.28. The predicted octanol–water partition coefficient (Wildman–Crippen LogP) is 7.50. The van der Waals surface area contributed by atoms with Gasteiger partial charge in [-0.25, -0.2) is 14.4 Å². The highest BCUT2D eigenvalue weighted by atomic mass is 35.5. The molecule has 8 heteroatoms. The molecule has 0 atom stereocenters. The number of aromatic nitrogens is 2. The molecule has 0 amide bonds. The third kappa shape index (κ3) is 6.07. The standard InChI is InChI=1S/C29H26ClFN4O2/c1-2-12-32-16-23-8-11-27(37-23)20-6-9-26-24(14-20)29(34-18-33-26)35-22-7-10-28(25(30)15-22)36-17-19-4-3-5-21(31)13-19/h3-11,13-15,18,32H,2,12,16-17H2,1H3,(H,33,34,35)/i2D2,12D2,16D2. The van der Waals surface area contributed by atoms with Crippen LogP contribution in [0.25, 0.3) is 22.2 Å². The van der Waals surface area contributed by atoms with Crippen molar-refractivity contribution in [2.45, 2.75) is 26.4 Å². The zero-order chi connectivity index (χ0) is 31.0. The molecule has 0 saturated carbocycles. The summed E-state index contributed by atoms with van der Waals surface area (Å²) in [7, 11) is 0. The van der Waals surface area contributed by atoms with Crippen molar-refractivity contribution in [2.75, 3.05) is 11.8 Å². The molecule has 37 heavy (non-hydrogen) atoms. The number of halogens is 2. The monoisotopic (exact) mass is 522 g/mol. The van der Waals surface area contributed by atoms with Gasteiger partial charge < -0.3 is 19.8 Å². The van der Waals surface area contributed by atoms with Gasteiger partial charge in [-0.3, -0.25) is 0 Å². The van der Waals surface area contributed by atoms with Gasteiger partial charge in [-0.1, -0.05) is 30.7 Å². The summed E-state index contributed by atoms with van der Waals surface area (Å²) >= 11 is 6.46. The first-order valence-corrected chi connectivity index (χ1v) is 11.7. The van der Waals surface area contributed by atoms with Crippen LogP contribution in [0.5, 0.6) is 5.75 Å². The fourth-order valence-corrected chi connectivity index (χ4v) is 3.88. The molecule has 0 fully saturated rings. The summed E-state index contributed by atoms with van der Waals surface area (Å²) in [6.07, 6.45) is -0.939. The Morgan fingerprint density at radius 3 is 2.81 bits per heavy atom. The molecule has 0 bridgehead atoms. The number of nitrogens with zero attached hydrogens (tertiary/aromatic N) is 2. The van der Waals surface area contributed by atoms with Gasteiger partial charge in [0.25, 0.3) is 0 Å². The average molecular weight is 523 g/mol. The highest BCUT2D eigenvalue weighted by Crippen LogP contribution is 2.32. The predicted molar refractivity (Wildman–Crippen MR) is 145 cm³/mol. The Balaban J connectivity index is 1.36. The molecular formula is C29H26ClFN4O2. The molecule has 2 heterocycles. The lowest BCUT2D eigenvalue weighted by Crippen LogP contribution is -2.12. The molecule has 0 aliphatic heterocycles. The molecule has 0 aliphatic carbocycles. The molecule has 0 saturated heterocycles. The highest BCUT2D eigenvalue weighted by molar-refractivity contribution is 6.32. The van der Waals surface area contributed by atoms with Crippen molar-refractivity contribution in [2.24, 2.45) is 0 Å². The van der Waals surface area contributed by atoms with Crippen LogP contribution in [0.3, 0.4) is 0 Å². The first-order chi connectivity index (χ1) is 20.2. The van der Waals surface area contributed by atoms with Crippen molar-refractivity contribution in [3.63, 3.8) is 0 Å². The lowest BCUT2D eigenvalue weighted by Gasteiger charge is -2.12. The Labute approximate surface area is 227 Å². The Morgan fingerprint density at radius 2 is 1.97 bits per heavy atom. The van der Waals surface area contributed by atoms with E-state index in [1.165, 1.54) is 24.5 Å². The number of nitrogens with one attached hydrogen (secondary N) is 2. The van der Waals surface area contributed by atoms with E-state index in [9.17, 15) is 4.39 Å². The zero-order valence-electron chi connectivity index (χ0n) is 25.7. The molecule has 0 unspecified atom stereocenters. The van der Waals surface area contributed by atoms with Crippen LogP contribution >= 0.6 is 11.6 Å². The highest BCUT2D eigenvalue weighted by Gasteiger charge is 2.11. The summed E-state index contributed by atoms with van der Waals surface area (Å²) in [5.41, 5.74) is 2.50. The number of hydrogen-bond acceptors (Lipinski definition) is 6. The van der Waals surface area contributed by atoms with Crippen LogP contribution in [0.15, 0.2) is 83.5 Å². The summed E-state index contributed by atoms with van der Waals surface area (Å²) in [4.78, 5) is 8.69. The van der Waals surface area contributed by atoms with E-state index in [0.717, 1.165) is 6.92 Å². The molecule has 5 aromatic rings. The van der Waals surface area contributed by atoms with E-state index in [0.29, 0.717) is 50.1 Å². The van der Waals surface area contributed by atoms with Crippen LogP contribution in [0.2, 0.25) is 5.02 Å². The zero-order valence-corrected chi connectivity index (χ0v) is 20.4. The molecule has 2 aromatic heterocycles. The van der Waals surface area contributed by atoms with E-state index in [2.05, 4.69) is 20.6 Å². The summed E-state index contributed by atoms with van der Waals surface area (Å²) < 4.78 is 72.6. The number of ether oxygens (including phenoxy) is 1. The van der Waals surface area contributed by atoms with Gasteiger partial charge in [-0.2, -0.15) is 0 Å². The normalized spacial score (nSPS) is 14.7. The van der Waals surface area contributed by atoms with Crippen molar-refractivity contribution in [1.82, 2.24) is 15.3 Å². The number of hydrogen-bond donors (Lipinski definition) is 2. The maximum Gasteiger partial charge on any atom is 0.141 e. The smallest absolute Gasteiger partial charge is 0.141 e. The Morgan fingerprint density at radius 1 is 1.05 bits per heavy atom. The van der Waals surface area contributed by atoms with Crippen molar-refractivity contribution < 1.29 is 21.8 Å². The van der Waals surface area contributed by atoms with Gasteiger partial charge in [0.05, 0.1) is 19.8 Å².